The van der Waals surface area contributed by atoms with Crippen LogP contribution in [-0.2, 0) is 9.53 Å². The van der Waals surface area contributed by atoms with Gasteiger partial charge in [-0.15, -0.1) is 0 Å². The van der Waals surface area contributed by atoms with Gasteiger partial charge in [0.15, 0.2) is 0 Å². The summed E-state index contributed by atoms with van der Waals surface area (Å²) >= 11 is 0. The van der Waals surface area contributed by atoms with Crippen LogP contribution in [0.15, 0.2) is 0 Å². The quantitative estimate of drug-likeness (QED) is 0.158. The Labute approximate surface area is 175 Å². The van der Waals surface area contributed by atoms with Crippen molar-refractivity contribution in [2.45, 2.75) is 116 Å². The second-order valence-electron chi connectivity index (χ2n) is 9.03. The maximum absolute atomic E-state index is 11.8. The number of hydrogen-bond acceptors (Lipinski definition) is 3. The number of nitrogens with zero attached hydrogens (tertiary/aromatic N) is 1. The lowest BCUT2D eigenvalue weighted by atomic mass is 10.0. The Balaban J connectivity index is 3.45. The molecule has 1 N–H and O–H groups in total. The van der Waals surface area contributed by atoms with Gasteiger partial charge in [-0.25, -0.2) is 4.79 Å². The molecule has 0 saturated carbocycles. The van der Waals surface area contributed by atoms with Crippen molar-refractivity contribution in [3.8, 4) is 0 Å². The van der Waals surface area contributed by atoms with E-state index >= 15 is 0 Å². The molecule has 0 bridgehead atoms. The van der Waals surface area contributed by atoms with Crippen LogP contribution in [0.3, 0.4) is 0 Å². The number of rotatable bonds is 20. The number of ether oxygens (including phenoxy) is 1. The number of carbonyl (C=O) groups is 1. The van der Waals surface area contributed by atoms with Crippen LogP contribution in [0.2, 0.25) is 0 Å². The highest BCUT2D eigenvalue weighted by Gasteiger charge is 2.34. The number of aliphatic hydroxyl groups excluding tert-OH is 1. The third kappa shape index (κ3) is 14.4. The number of carbonyl (C=O) groups excluding carboxylic acids is 1. The first-order valence-corrected chi connectivity index (χ1v) is 12.0. The van der Waals surface area contributed by atoms with Gasteiger partial charge in [-0.2, -0.15) is 0 Å². The Morgan fingerprint density at radius 2 is 1.11 bits per heavy atom. The van der Waals surface area contributed by atoms with Gasteiger partial charge in [0.2, 0.25) is 6.04 Å². The predicted octanol–water partition coefficient (Wildman–Crippen LogP) is 5.86. The average Bonchev–Trinajstić information content (AvgIpc) is 2.67. The molecule has 0 amide bonds. The molecule has 168 valence electrons. The topological polar surface area (TPSA) is 46.5 Å². The predicted molar refractivity (Wildman–Crippen MR) is 119 cm³/mol. The Morgan fingerprint density at radius 3 is 1.43 bits per heavy atom. The van der Waals surface area contributed by atoms with Crippen molar-refractivity contribution in [1.82, 2.24) is 0 Å². The maximum Gasteiger partial charge on any atom is 0.367 e. The summed E-state index contributed by atoms with van der Waals surface area (Å²) in [4.78, 5) is 11.8. The lowest BCUT2D eigenvalue weighted by molar-refractivity contribution is -0.907. The minimum Gasteiger partial charge on any atom is -0.465 e. The van der Waals surface area contributed by atoms with Crippen molar-refractivity contribution in [3.05, 3.63) is 0 Å². The van der Waals surface area contributed by atoms with E-state index in [0.29, 0.717) is 4.48 Å². The second-order valence-corrected chi connectivity index (χ2v) is 9.03. The van der Waals surface area contributed by atoms with E-state index in [0.717, 1.165) is 13.0 Å². The fourth-order valence-electron chi connectivity index (χ4n) is 3.94. The van der Waals surface area contributed by atoms with E-state index in [1.807, 2.05) is 14.1 Å². The standard InChI is InChI=1S/C24H50NO3/c1-5-6-7-8-9-10-11-12-13-14-15-16-17-18-19-20-21-25(2,3)23(22-26)24(27)28-4/h23,26H,5-22H2,1-4H3/q+1/t23-/m0/s1. The summed E-state index contributed by atoms with van der Waals surface area (Å²) in [6.07, 6.45) is 21.8. The van der Waals surface area contributed by atoms with Crippen LogP contribution in [0.1, 0.15) is 110 Å². The second kappa shape index (κ2) is 18.4. The summed E-state index contributed by atoms with van der Waals surface area (Å²) < 4.78 is 5.31. The summed E-state index contributed by atoms with van der Waals surface area (Å²) in [5.41, 5.74) is 0. The van der Waals surface area contributed by atoms with Crippen molar-refractivity contribution in [1.29, 1.82) is 0 Å². The van der Waals surface area contributed by atoms with E-state index < -0.39 is 6.04 Å². The molecule has 0 unspecified atom stereocenters. The van der Waals surface area contributed by atoms with Crippen molar-refractivity contribution < 1.29 is 19.1 Å². The molecule has 0 radical (unpaired) electrons. The zero-order chi connectivity index (χ0) is 21.1. The lowest BCUT2D eigenvalue weighted by Gasteiger charge is -2.35. The van der Waals surface area contributed by atoms with E-state index in [4.69, 9.17) is 4.74 Å². The first-order valence-electron chi connectivity index (χ1n) is 12.0. The highest BCUT2D eigenvalue weighted by atomic mass is 16.5. The monoisotopic (exact) mass is 400 g/mol. The number of aliphatic hydroxyl groups is 1. The number of hydrogen-bond donors (Lipinski definition) is 1. The van der Waals surface area contributed by atoms with Crippen LogP contribution in [-0.4, -0.2) is 56.0 Å². The SMILES string of the molecule is CCCCCCCCCCCCCCCCCC[N+](C)(C)[C@@H](CO)C(=O)OC. The molecule has 0 fully saturated rings. The first kappa shape index (κ1) is 27.4. The zero-order valence-corrected chi connectivity index (χ0v) is 19.5. The minimum absolute atomic E-state index is 0.154. The zero-order valence-electron chi connectivity index (χ0n) is 19.5. The summed E-state index contributed by atoms with van der Waals surface area (Å²) in [5, 5.41) is 9.48. The Kier molecular flexibility index (Phi) is 18.0. The molecule has 0 rings (SSSR count). The molecular formula is C24H50NO3+. The van der Waals surface area contributed by atoms with Crippen LogP contribution in [0.4, 0.5) is 0 Å². The Morgan fingerprint density at radius 1 is 0.750 bits per heavy atom. The largest absolute Gasteiger partial charge is 0.465 e. The fraction of sp³-hybridized carbons (Fsp3) is 0.958. The third-order valence-electron chi connectivity index (χ3n) is 6.08. The average molecular weight is 401 g/mol. The molecule has 1 atom stereocenters. The smallest absolute Gasteiger partial charge is 0.367 e. The number of likely N-dealkylation sites (N-methyl/N-ethyl adjacent to an activating group) is 1. The van der Waals surface area contributed by atoms with Crippen molar-refractivity contribution in [2.24, 2.45) is 0 Å². The highest BCUT2D eigenvalue weighted by Crippen LogP contribution is 2.15. The lowest BCUT2D eigenvalue weighted by Crippen LogP contribution is -2.55. The molecule has 0 aliphatic carbocycles. The van der Waals surface area contributed by atoms with E-state index in [9.17, 15) is 9.90 Å². The van der Waals surface area contributed by atoms with Crippen LogP contribution >= 0.6 is 0 Å². The molecule has 4 heteroatoms. The van der Waals surface area contributed by atoms with E-state index in [-0.39, 0.29) is 12.6 Å². The van der Waals surface area contributed by atoms with Gasteiger partial charge in [0, 0.05) is 0 Å². The van der Waals surface area contributed by atoms with Crippen LogP contribution in [0.5, 0.6) is 0 Å². The molecular weight excluding hydrogens is 350 g/mol. The van der Waals surface area contributed by atoms with Gasteiger partial charge in [0.1, 0.15) is 6.61 Å². The van der Waals surface area contributed by atoms with Crippen molar-refractivity contribution >= 4 is 5.97 Å². The molecule has 0 spiro atoms. The number of methoxy groups -OCH3 is 1. The normalized spacial score (nSPS) is 12.9. The van der Waals surface area contributed by atoms with E-state index in [2.05, 4.69) is 6.92 Å². The first-order chi connectivity index (χ1) is 13.5. The van der Waals surface area contributed by atoms with Gasteiger partial charge in [0.05, 0.1) is 27.7 Å². The molecule has 0 heterocycles. The molecule has 0 aliphatic heterocycles. The molecule has 0 aromatic carbocycles. The molecule has 0 saturated heterocycles. The van der Waals surface area contributed by atoms with Crippen LogP contribution in [0, 0.1) is 0 Å². The molecule has 4 nitrogen and oxygen atoms in total. The Hall–Kier alpha value is -0.610. The maximum atomic E-state index is 11.8. The van der Waals surface area contributed by atoms with Crippen molar-refractivity contribution in [3.63, 3.8) is 0 Å². The van der Waals surface area contributed by atoms with Gasteiger partial charge in [-0.3, -0.25) is 0 Å². The van der Waals surface area contributed by atoms with Crippen LogP contribution < -0.4 is 0 Å². The third-order valence-corrected chi connectivity index (χ3v) is 6.08. The Bertz CT molecular complexity index is 358. The molecule has 0 aromatic rings. The molecule has 28 heavy (non-hydrogen) atoms. The van der Waals surface area contributed by atoms with Gasteiger partial charge in [-0.1, -0.05) is 96.8 Å². The summed E-state index contributed by atoms with van der Waals surface area (Å²) in [6, 6.07) is -0.471. The molecule has 0 aliphatic rings. The number of quaternary nitrogens is 1. The van der Waals surface area contributed by atoms with Gasteiger partial charge >= 0.3 is 5.97 Å². The summed E-state index contributed by atoms with van der Waals surface area (Å²) in [5.74, 6) is -0.316. The van der Waals surface area contributed by atoms with Gasteiger partial charge < -0.3 is 14.3 Å². The number of esters is 1. The van der Waals surface area contributed by atoms with E-state index in [1.165, 1.54) is 103 Å². The van der Waals surface area contributed by atoms with Gasteiger partial charge in [-0.05, 0) is 12.8 Å². The number of unbranched alkanes of at least 4 members (excludes halogenated alkanes) is 15. The summed E-state index contributed by atoms with van der Waals surface area (Å²) in [6.45, 7) is 3.03. The van der Waals surface area contributed by atoms with Crippen molar-refractivity contribution in [2.75, 3.05) is 34.4 Å². The minimum atomic E-state index is -0.471. The summed E-state index contributed by atoms with van der Waals surface area (Å²) in [7, 11) is 5.39. The fourth-order valence-corrected chi connectivity index (χ4v) is 3.94. The highest BCUT2D eigenvalue weighted by molar-refractivity contribution is 5.74. The van der Waals surface area contributed by atoms with E-state index in [1.54, 1.807) is 0 Å². The van der Waals surface area contributed by atoms with Gasteiger partial charge in [0.25, 0.3) is 0 Å². The molecule has 0 aromatic heterocycles. The van der Waals surface area contributed by atoms with Crippen LogP contribution in [0.25, 0.3) is 0 Å².